The van der Waals surface area contributed by atoms with Crippen molar-refractivity contribution < 1.29 is 19.1 Å². The summed E-state index contributed by atoms with van der Waals surface area (Å²) in [4.78, 5) is 22.8. The largest absolute Gasteiger partial charge is 0.501 e. The van der Waals surface area contributed by atoms with Crippen LogP contribution in [0, 0.1) is 11.8 Å². The summed E-state index contributed by atoms with van der Waals surface area (Å²) in [6, 6.07) is 0. The summed E-state index contributed by atoms with van der Waals surface area (Å²) < 4.78 is 9.55. The zero-order valence-electron chi connectivity index (χ0n) is 8.57. The highest BCUT2D eigenvalue weighted by Crippen LogP contribution is 2.28. The summed E-state index contributed by atoms with van der Waals surface area (Å²) in [5, 5.41) is 0. The summed E-state index contributed by atoms with van der Waals surface area (Å²) in [5.74, 6) is -0.794. The van der Waals surface area contributed by atoms with Crippen molar-refractivity contribution in [1.29, 1.82) is 0 Å². The van der Waals surface area contributed by atoms with E-state index < -0.39 is 11.9 Å². The molecular weight excluding hydrogens is 184 g/mol. The fourth-order valence-corrected chi connectivity index (χ4v) is 1.64. The van der Waals surface area contributed by atoms with Crippen LogP contribution in [0.15, 0.2) is 11.8 Å². The van der Waals surface area contributed by atoms with Crippen molar-refractivity contribution in [3.05, 3.63) is 11.8 Å². The van der Waals surface area contributed by atoms with Gasteiger partial charge < -0.3 is 9.47 Å². The molecular formula is C10H14O4. The van der Waals surface area contributed by atoms with Crippen LogP contribution in [0.5, 0.6) is 0 Å². The van der Waals surface area contributed by atoms with Gasteiger partial charge in [-0.15, -0.1) is 0 Å². The van der Waals surface area contributed by atoms with Gasteiger partial charge in [0.1, 0.15) is 5.92 Å². The molecule has 1 aliphatic carbocycles. The molecule has 14 heavy (non-hydrogen) atoms. The van der Waals surface area contributed by atoms with Crippen LogP contribution in [0.2, 0.25) is 0 Å². The van der Waals surface area contributed by atoms with E-state index in [1.54, 1.807) is 0 Å². The molecule has 2 atom stereocenters. The first-order chi connectivity index (χ1) is 6.60. The molecule has 0 radical (unpaired) electrons. The van der Waals surface area contributed by atoms with Gasteiger partial charge in [0.05, 0.1) is 20.0 Å². The van der Waals surface area contributed by atoms with E-state index in [1.807, 2.05) is 6.92 Å². The van der Waals surface area contributed by atoms with E-state index in [0.717, 1.165) is 0 Å². The lowest BCUT2D eigenvalue weighted by Gasteiger charge is -2.24. The molecule has 0 aromatic carbocycles. The first kappa shape index (κ1) is 10.8. The standard InChI is InChI=1S/C10H14O4/c1-6-4-7(13-2)5-8(11)9(6)10(12)14-3/h5-6,9H,4H2,1-3H3. The molecule has 0 bridgehead atoms. The number of carbonyl (C=O) groups excluding carboxylic acids is 2. The Kier molecular flexibility index (Phi) is 3.28. The van der Waals surface area contributed by atoms with Crippen molar-refractivity contribution in [3.8, 4) is 0 Å². The van der Waals surface area contributed by atoms with Gasteiger partial charge in [0.2, 0.25) is 0 Å². The highest BCUT2D eigenvalue weighted by molar-refractivity contribution is 6.06. The van der Waals surface area contributed by atoms with Crippen molar-refractivity contribution >= 4 is 11.8 Å². The number of methoxy groups -OCH3 is 2. The molecule has 0 fully saturated rings. The summed E-state index contributed by atoms with van der Waals surface area (Å²) in [7, 11) is 2.81. The number of ketones is 1. The second-order valence-corrected chi connectivity index (χ2v) is 3.40. The van der Waals surface area contributed by atoms with Crippen LogP contribution < -0.4 is 0 Å². The number of rotatable bonds is 2. The molecule has 1 rings (SSSR count). The topological polar surface area (TPSA) is 52.6 Å². The van der Waals surface area contributed by atoms with Crippen LogP contribution in [-0.4, -0.2) is 26.0 Å². The number of carbonyl (C=O) groups is 2. The van der Waals surface area contributed by atoms with Gasteiger partial charge in [0.25, 0.3) is 0 Å². The molecule has 78 valence electrons. The van der Waals surface area contributed by atoms with Crippen molar-refractivity contribution in [2.45, 2.75) is 13.3 Å². The van der Waals surface area contributed by atoms with E-state index in [4.69, 9.17) is 4.74 Å². The third-order valence-electron chi connectivity index (χ3n) is 2.42. The van der Waals surface area contributed by atoms with Crippen molar-refractivity contribution in [2.75, 3.05) is 14.2 Å². The second-order valence-electron chi connectivity index (χ2n) is 3.40. The molecule has 0 heterocycles. The van der Waals surface area contributed by atoms with Crippen molar-refractivity contribution in [2.24, 2.45) is 11.8 Å². The molecule has 0 spiro atoms. The molecule has 0 N–H and O–H groups in total. The fourth-order valence-electron chi connectivity index (χ4n) is 1.64. The summed E-state index contributed by atoms with van der Waals surface area (Å²) in [5.41, 5.74) is 0. The van der Waals surface area contributed by atoms with Gasteiger partial charge in [-0.05, 0) is 5.92 Å². The fraction of sp³-hybridized carbons (Fsp3) is 0.600. The Labute approximate surface area is 82.9 Å². The van der Waals surface area contributed by atoms with Crippen LogP contribution >= 0.6 is 0 Å². The number of allylic oxidation sites excluding steroid dienone is 2. The normalized spacial score (nSPS) is 26.8. The average Bonchev–Trinajstić information content (AvgIpc) is 2.16. The van der Waals surface area contributed by atoms with E-state index in [1.165, 1.54) is 20.3 Å². The maximum Gasteiger partial charge on any atom is 0.316 e. The number of hydrogen-bond donors (Lipinski definition) is 0. The van der Waals surface area contributed by atoms with Gasteiger partial charge in [-0.1, -0.05) is 6.92 Å². The van der Waals surface area contributed by atoms with Crippen molar-refractivity contribution in [3.63, 3.8) is 0 Å². The minimum atomic E-state index is -0.668. The Balaban J connectivity index is 2.86. The molecule has 0 aliphatic heterocycles. The van der Waals surface area contributed by atoms with Crippen LogP contribution in [0.25, 0.3) is 0 Å². The molecule has 4 nitrogen and oxygen atoms in total. The molecule has 0 amide bonds. The summed E-state index contributed by atoms with van der Waals surface area (Å²) in [6.45, 7) is 1.84. The van der Waals surface area contributed by atoms with Gasteiger partial charge in [0, 0.05) is 12.5 Å². The maximum absolute atomic E-state index is 11.5. The number of ether oxygens (including phenoxy) is 2. The van der Waals surface area contributed by atoms with Crippen molar-refractivity contribution in [1.82, 2.24) is 0 Å². The van der Waals surface area contributed by atoms with E-state index in [9.17, 15) is 9.59 Å². The Morgan fingerprint density at radius 3 is 2.57 bits per heavy atom. The number of hydrogen-bond acceptors (Lipinski definition) is 4. The third kappa shape index (κ3) is 1.95. The van der Waals surface area contributed by atoms with Gasteiger partial charge in [-0.2, -0.15) is 0 Å². The lowest BCUT2D eigenvalue weighted by molar-refractivity contribution is -0.150. The zero-order chi connectivity index (χ0) is 10.7. The van der Waals surface area contributed by atoms with Crippen LogP contribution in [0.3, 0.4) is 0 Å². The second kappa shape index (κ2) is 4.26. The molecule has 0 aromatic heterocycles. The highest BCUT2D eigenvalue weighted by atomic mass is 16.5. The monoisotopic (exact) mass is 198 g/mol. The summed E-state index contributed by atoms with van der Waals surface area (Å²) in [6.07, 6.45) is 1.98. The lowest BCUT2D eigenvalue weighted by Crippen LogP contribution is -2.33. The smallest absolute Gasteiger partial charge is 0.316 e. The molecule has 0 aromatic rings. The Morgan fingerprint density at radius 1 is 1.50 bits per heavy atom. The number of esters is 1. The highest BCUT2D eigenvalue weighted by Gasteiger charge is 2.36. The van der Waals surface area contributed by atoms with Gasteiger partial charge in [-0.3, -0.25) is 9.59 Å². The van der Waals surface area contributed by atoms with E-state index >= 15 is 0 Å². The van der Waals surface area contributed by atoms with E-state index in [-0.39, 0.29) is 11.7 Å². The minimum Gasteiger partial charge on any atom is -0.501 e. The predicted molar refractivity (Wildman–Crippen MR) is 49.4 cm³/mol. The van der Waals surface area contributed by atoms with Crippen LogP contribution in [-0.2, 0) is 19.1 Å². The molecule has 1 aliphatic rings. The quantitative estimate of drug-likeness (QED) is 0.489. The molecule has 2 unspecified atom stereocenters. The van der Waals surface area contributed by atoms with Crippen LogP contribution in [0.1, 0.15) is 13.3 Å². The summed E-state index contributed by atoms with van der Waals surface area (Å²) >= 11 is 0. The van der Waals surface area contributed by atoms with E-state index in [0.29, 0.717) is 12.2 Å². The molecule has 0 saturated heterocycles. The first-order valence-electron chi connectivity index (χ1n) is 4.46. The zero-order valence-corrected chi connectivity index (χ0v) is 8.57. The van der Waals surface area contributed by atoms with Gasteiger partial charge >= 0.3 is 5.97 Å². The molecule has 0 saturated carbocycles. The Morgan fingerprint density at radius 2 is 2.14 bits per heavy atom. The third-order valence-corrected chi connectivity index (χ3v) is 2.42. The maximum atomic E-state index is 11.5. The van der Waals surface area contributed by atoms with Gasteiger partial charge in [-0.25, -0.2) is 0 Å². The minimum absolute atomic E-state index is 0.0603. The van der Waals surface area contributed by atoms with Gasteiger partial charge in [0.15, 0.2) is 5.78 Å². The Hall–Kier alpha value is -1.32. The SMILES string of the molecule is COC(=O)C1C(=O)C=C(OC)CC1C. The average molecular weight is 198 g/mol. The lowest BCUT2D eigenvalue weighted by atomic mass is 9.82. The first-order valence-corrected chi connectivity index (χ1v) is 4.46. The van der Waals surface area contributed by atoms with E-state index in [2.05, 4.69) is 4.74 Å². The predicted octanol–water partition coefficient (Wildman–Crippen LogP) is 0.915. The molecule has 4 heteroatoms. The Bertz CT molecular complexity index is 280. The van der Waals surface area contributed by atoms with Crippen LogP contribution in [0.4, 0.5) is 0 Å².